The Balaban J connectivity index is 1.61. The monoisotopic (exact) mass is 342 g/mol. The van der Waals surface area contributed by atoms with Gasteiger partial charge in [0.05, 0.1) is 12.6 Å². The van der Waals surface area contributed by atoms with Crippen LogP contribution in [0.3, 0.4) is 0 Å². The number of nitrogens with two attached hydrogens (primary N) is 1. The second kappa shape index (κ2) is 6.42. The van der Waals surface area contributed by atoms with Crippen LogP contribution in [0, 0.1) is 5.92 Å². The molecule has 0 bridgehead atoms. The summed E-state index contributed by atoms with van der Waals surface area (Å²) in [6, 6.07) is 8.35. The van der Waals surface area contributed by atoms with E-state index in [1.54, 1.807) is 16.3 Å². The van der Waals surface area contributed by atoms with Gasteiger partial charge in [0.2, 0.25) is 0 Å². The highest BCUT2D eigenvalue weighted by molar-refractivity contribution is 5.33. The van der Waals surface area contributed by atoms with Crippen molar-refractivity contribution in [2.24, 2.45) is 18.7 Å². The molecule has 1 heterocycles. The molecule has 134 valence electrons. The maximum Gasteiger partial charge on any atom is 0.345 e. The summed E-state index contributed by atoms with van der Waals surface area (Å²) in [5.41, 5.74) is 8.18. The summed E-state index contributed by atoms with van der Waals surface area (Å²) in [7, 11) is 1.77. The molecule has 0 radical (unpaired) electrons. The van der Waals surface area contributed by atoms with Crippen LogP contribution in [0.4, 0.5) is 0 Å². The van der Waals surface area contributed by atoms with E-state index in [1.165, 1.54) is 24.0 Å². The van der Waals surface area contributed by atoms with Crippen molar-refractivity contribution in [3.8, 4) is 0 Å². The molecule has 3 N–H and O–H groups in total. The lowest BCUT2D eigenvalue weighted by Crippen LogP contribution is -2.24. The number of aromatic nitrogens is 3. The Morgan fingerprint density at radius 2 is 2.00 bits per heavy atom. The highest BCUT2D eigenvalue weighted by Gasteiger charge is 2.36. The maximum atomic E-state index is 12.7. The molecule has 0 unspecified atom stereocenters. The third kappa shape index (κ3) is 3.04. The van der Waals surface area contributed by atoms with E-state index in [4.69, 9.17) is 5.73 Å². The van der Waals surface area contributed by atoms with Gasteiger partial charge in [-0.15, -0.1) is 0 Å². The van der Waals surface area contributed by atoms with Crippen molar-refractivity contribution >= 4 is 0 Å². The predicted molar refractivity (Wildman–Crippen MR) is 95.5 cm³/mol. The lowest BCUT2D eigenvalue weighted by Gasteiger charge is -2.09. The molecule has 3 atom stereocenters. The molecule has 0 aliphatic heterocycles. The van der Waals surface area contributed by atoms with Gasteiger partial charge in [-0.05, 0) is 55.2 Å². The SMILES string of the molecule is Cn1c([C@H]2C[C@H](CN)[C@H](O)C2)nn(Cc2ccccc2C2CC2)c1=O. The molecule has 6 heteroatoms. The Hall–Kier alpha value is -1.92. The van der Waals surface area contributed by atoms with Crippen LogP contribution in [0.5, 0.6) is 0 Å². The number of hydrogen-bond acceptors (Lipinski definition) is 4. The fourth-order valence-electron chi connectivity index (χ4n) is 4.16. The number of aliphatic hydroxyl groups is 1. The second-order valence-corrected chi connectivity index (χ2v) is 7.56. The molecule has 0 spiro atoms. The average Bonchev–Trinajstić information content (AvgIpc) is 3.34. The molecule has 2 fully saturated rings. The summed E-state index contributed by atoms with van der Waals surface area (Å²) in [5.74, 6) is 1.61. The number of benzene rings is 1. The fourth-order valence-corrected chi connectivity index (χ4v) is 4.16. The Morgan fingerprint density at radius 1 is 1.24 bits per heavy atom. The van der Waals surface area contributed by atoms with Gasteiger partial charge in [0.1, 0.15) is 5.82 Å². The molecule has 2 aromatic rings. The molecule has 2 aliphatic rings. The minimum Gasteiger partial charge on any atom is -0.393 e. The molecular formula is C19H26N4O2. The molecule has 2 saturated carbocycles. The third-order valence-corrected chi connectivity index (χ3v) is 5.79. The van der Waals surface area contributed by atoms with E-state index in [-0.39, 0.29) is 17.5 Å². The summed E-state index contributed by atoms with van der Waals surface area (Å²) < 4.78 is 3.20. The summed E-state index contributed by atoms with van der Waals surface area (Å²) >= 11 is 0. The van der Waals surface area contributed by atoms with Gasteiger partial charge in [-0.3, -0.25) is 4.57 Å². The Bertz CT molecular complexity index is 821. The molecule has 2 aliphatic carbocycles. The van der Waals surface area contributed by atoms with Gasteiger partial charge in [-0.1, -0.05) is 24.3 Å². The largest absolute Gasteiger partial charge is 0.393 e. The molecular weight excluding hydrogens is 316 g/mol. The molecule has 1 aromatic heterocycles. The molecule has 0 saturated heterocycles. The molecule has 25 heavy (non-hydrogen) atoms. The van der Waals surface area contributed by atoms with Crippen LogP contribution in [0.1, 0.15) is 54.5 Å². The quantitative estimate of drug-likeness (QED) is 0.858. The van der Waals surface area contributed by atoms with Crippen LogP contribution in [0.2, 0.25) is 0 Å². The van der Waals surface area contributed by atoms with Crippen LogP contribution in [0.15, 0.2) is 29.1 Å². The van der Waals surface area contributed by atoms with E-state index in [1.807, 2.05) is 6.07 Å². The van der Waals surface area contributed by atoms with E-state index in [2.05, 4.69) is 23.3 Å². The Morgan fingerprint density at radius 3 is 2.68 bits per heavy atom. The average molecular weight is 342 g/mol. The van der Waals surface area contributed by atoms with Gasteiger partial charge < -0.3 is 10.8 Å². The minimum absolute atomic E-state index is 0.0914. The van der Waals surface area contributed by atoms with Crippen LogP contribution in [0.25, 0.3) is 0 Å². The summed E-state index contributed by atoms with van der Waals surface area (Å²) in [6.07, 6.45) is 3.50. The first kappa shape index (κ1) is 16.5. The Labute approximate surface area is 147 Å². The second-order valence-electron chi connectivity index (χ2n) is 7.56. The Kier molecular flexibility index (Phi) is 4.25. The molecule has 1 aromatic carbocycles. The van der Waals surface area contributed by atoms with Gasteiger partial charge in [-0.2, -0.15) is 5.10 Å². The molecule has 6 nitrogen and oxygen atoms in total. The standard InChI is InChI=1S/C19H26N4O2/c1-22-18(14-8-15(10-20)17(24)9-14)21-23(19(22)25)11-13-4-2-3-5-16(13)12-6-7-12/h2-5,12,14-15,17,24H,6-11,20H2,1H3/t14-,15+,17+/m0/s1. The zero-order chi connectivity index (χ0) is 17.6. The highest BCUT2D eigenvalue weighted by atomic mass is 16.3. The molecule has 0 amide bonds. The van der Waals surface area contributed by atoms with E-state index < -0.39 is 6.10 Å². The van der Waals surface area contributed by atoms with Gasteiger partial charge in [0, 0.05) is 13.0 Å². The number of aliphatic hydroxyl groups excluding tert-OH is 1. The third-order valence-electron chi connectivity index (χ3n) is 5.79. The topological polar surface area (TPSA) is 86.1 Å². The van der Waals surface area contributed by atoms with Gasteiger partial charge >= 0.3 is 5.69 Å². The van der Waals surface area contributed by atoms with Crippen LogP contribution in [-0.2, 0) is 13.6 Å². The zero-order valence-corrected chi connectivity index (χ0v) is 14.6. The summed E-state index contributed by atoms with van der Waals surface area (Å²) in [4.78, 5) is 12.7. The van der Waals surface area contributed by atoms with Gasteiger partial charge in [0.25, 0.3) is 0 Å². The highest BCUT2D eigenvalue weighted by Crippen LogP contribution is 2.41. The van der Waals surface area contributed by atoms with Crippen molar-refractivity contribution in [3.63, 3.8) is 0 Å². The van der Waals surface area contributed by atoms with E-state index in [0.29, 0.717) is 25.4 Å². The first-order chi connectivity index (χ1) is 12.1. The van der Waals surface area contributed by atoms with Crippen molar-refractivity contribution in [1.29, 1.82) is 0 Å². The van der Waals surface area contributed by atoms with Crippen molar-refractivity contribution < 1.29 is 5.11 Å². The number of nitrogens with zero attached hydrogens (tertiary/aromatic N) is 3. The number of hydrogen-bond donors (Lipinski definition) is 2. The maximum absolute atomic E-state index is 12.7. The van der Waals surface area contributed by atoms with Crippen LogP contribution < -0.4 is 11.4 Å². The summed E-state index contributed by atoms with van der Waals surface area (Å²) in [6.45, 7) is 0.982. The lowest BCUT2D eigenvalue weighted by molar-refractivity contribution is 0.136. The van der Waals surface area contributed by atoms with E-state index >= 15 is 0 Å². The van der Waals surface area contributed by atoms with Crippen molar-refractivity contribution in [1.82, 2.24) is 14.3 Å². The first-order valence-electron chi connectivity index (χ1n) is 9.18. The first-order valence-corrected chi connectivity index (χ1v) is 9.18. The van der Waals surface area contributed by atoms with Gasteiger partial charge in [-0.25, -0.2) is 9.48 Å². The predicted octanol–water partition coefficient (Wildman–Crippen LogP) is 1.32. The van der Waals surface area contributed by atoms with Gasteiger partial charge in [0.15, 0.2) is 0 Å². The van der Waals surface area contributed by atoms with Crippen molar-refractivity contribution in [2.45, 2.75) is 50.2 Å². The smallest absolute Gasteiger partial charge is 0.345 e. The zero-order valence-electron chi connectivity index (χ0n) is 14.6. The van der Waals surface area contributed by atoms with Crippen molar-refractivity contribution in [3.05, 3.63) is 51.7 Å². The van der Waals surface area contributed by atoms with Crippen molar-refractivity contribution in [2.75, 3.05) is 6.54 Å². The van der Waals surface area contributed by atoms with E-state index in [9.17, 15) is 9.90 Å². The molecule has 4 rings (SSSR count). The fraction of sp³-hybridized carbons (Fsp3) is 0.579. The number of rotatable bonds is 5. The lowest BCUT2D eigenvalue weighted by atomic mass is 10.0. The van der Waals surface area contributed by atoms with Crippen LogP contribution >= 0.6 is 0 Å². The summed E-state index contributed by atoms with van der Waals surface area (Å²) in [5, 5.41) is 14.8. The van der Waals surface area contributed by atoms with E-state index in [0.717, 1.165) is 12.2 Å². The minimum atomic E-state index is -0.397. The van der Waals surface area contributed by atoms with Crippen LogP contribution in [-0.4, -0.2) is 32.1 Å². The normalized spacial score (nSPS) is 26.3.